The minimum atomic E-state index is -0.602. The van der Waals surface area contributed by atoms with Gasteiger partial charge in [-0.05, 0) is 32.0 Å². The Labute approximate surface area is 98.8 Å². The molecule has 0 aliphatic heterocycles. The van der Waals surface area contributed by atoms with E-state index in [1.165, 1.54) is 12.1 Å². The van der Waals surface area contributed by atoms with Crippen LogP contribution in [0.2, 0.25) is 5.02 Å². The Kier molecular flexibility index (Phi) is 3.88. The van der Waals surface area contributed by atoms with Gasteiger partial charge in [-0.2, -0.15) is 0 Å². The van der Waals surface area contributed by atoms with Crippen LogP contribution in [0.25, 0.3) is 0 Å². The van der Waals surface area contributed by atoms with E-state index in [0.717, 1.165) is 6.07 Å². The van der Waals surface area contributed by atoms with Crippen LogP contribution in [0.15, 0.2) is 18.2 Å². The van der Waals surface area contributed by atoms with Gasteiger partial charge < -0.3 is 11.1 Å². The lowest BCUT2D eigenvalue weighted by Gasteiger charge is -2.24. The average Bonchev–Trinajstić information content (AvgIpc) is 2.21. The lowest BCUT2D eigenvalue weighted by atomic mass is 10.1. The monoisotopic (exact) mass is 244 g/mol. The quantitative estimate of drug-likeness (QED) is 0.854. The third-order valence-electron chi connectivity index (χ3n) is 2.14. The van der Waals surface area contributed by atoms with Crippen molar-refractivity contribution < 1.29 is 9.18 Å². The number of amides is 1. The Morgan fingerprint density at radius 1 is 1.56 bits per heavy atom. The van der Waals surface area contributed by atoms with Gasteiger partial charge in [0.25, 0.3) is 5.91 Å². The summed E-state index contributed by atoms with van der Waals surface area (Å²) in [5, 5.41) is 2.94. The van der Waals surface area contributed by atoms with Gasteiger partial charge in [0.15, 0.2) is 0 Å². The molecule has 1 aromatic rings. The molecule has 5 heteroatoms. The highest BCUT2D eigenvalue weighted by Gasteiger charge is 2.21. The van der Waals surface area contributed by atoms with Crippen LogP contribution in [0.5, 0.6) is 0 Å². The molecular formula is C11H14ClFN2O. The second-order valence-corrected chi connectivity index (χ2v) is 4.60. The van der Waals surface area contributed by atoms with E-state index in [1.807, 2.05) is 0 Å². The molecule has 0 saturated carbocycles. The molecule has 1 rings (SSSR count). The predicted octanol–water partition coefficient (Wildman–Crippen LogP) is 1.95. The van der Waals surface area contributed by atoms with E-state index >= 15 is 0 Å². The molecule has 0 heterocycles. The Morgan fingerprint density at radius 3 is 2.75 bits per heavy atom. The van der Waals surface area contributed by atoms with Gasteiger partial charge in [-0.3, -0.25) is 4.79 Å². The van der Waals surface area contributed by atoms with Gasteiger partial charge in [0, 0.05) is 17.1 Å². The Bertz CT molecular complexity index is 407. The van der Waals surface area contributed by atoms with E-state index < -0.39 is 17.3 Å². The van der Waals surface area contributed by atoms with E-state index in [0.29, 0.717) is 5.02 Å². The van der Waals surface area contributed by atoms with Crippen LogP contribution in [0, 0.1) is 5.82 Å². The molecule has 1 aromatic carbocycles. The summed E-state index contributed by atoms with van der Waals surface area (Å²) in [6, 6.07) is 3.84. The summed E-state index contributed by atoms with van der Waals surface area (Å²) >= 11 is 5.69. The van der Waals surface area contributed by atoms with Crippen molar-refractivity contribution >= 4 is 17.5 Å². The highest BCUT2D eigenvalue weighted by molar-refractivity contribution is 6.31. The largest absolute Gasteiger partial charge is 0.346 e. The first-order valence-electron chi connectivity index (χ1n) is 4.83. The molecule has 16 heavy (non-hydrogen) atoms. The standard InChI is InChI=1S/C11H14ClFN2O/c1-11(2,6-14)15-10(16)8-5-7(12)3-4-9(8)13/h3-5H,6,14H2,1-2H3,(H,15,16). The summed E-state index contributed by atoms with van der Waals surface area (Å²) in [5.41, 5.74) is 4.81. The smallest absolute Gasteiger partial charge is 0.254 e. The van der Waals surface area contributed by atoms with Crippen LogP contribution < -0.4 is 11.1 Å². The van der Waals surface area contributed by atoms with E-state index in [1.54, 1.807) is 13.8 Å². The van der Waals surface area contributed by atoms with Crippen LogP contribution in [0.3, 0.4) is 0 Å². The van der Waals surface area contributed by atoms with Gasteiger partial charge in [0.05, 0.1) is 5.56 Å². The number of carbonyl (C=O) groups excluding carboxylic acids is 1. The van der Waals surface area contributed by atoms with E-state index in [9.17, 15) is 9.18 Å². The van der Waals surface area contributed by atoms with Crippen molar-refractivity contribution in [3.05, 3.63) is 34.6 Å². The van der Waals surface area contributed by atoms with Crippen LogP contribution in [0.1, 0.15) is 24.2 Å². The summed E-state index contributed by atoms with van der Waals surface area (Å²) in [4.78, 5) is 11.7. The minimum Gasteiger partial charge on any atom is -0.346 e. The fourth-order valence-corrected chi connectivity index (χ4v) is 1.27. The van der Waals surface area contributed by atoms with Gasteiger partial charge in [-0.15, -0.1) is 0 Å². The molecule has 0 aromatic heterocycles. The molecule has 0 saturated heterocycles. The Morgan fingerprint density at radius 2 is 2.19 bits per heavy atom. The first kappa shape index (κ1) is 12.9. The lowest BCUT2D eigenvalue weighted by molar-refractivity contribution is 0.0911. The van der Waals surface area contributed by atoms with Crippen molar-refractivity contribution in [2.24, 2.45) is 5.73 Å². The maximum Gasteiger partial charge on any atom is 0.254 e. The van der Waals surface area contributed by atoms with Crippen molar-refractivity contribution in [1.82, 2.24) is 5.32 Å². The maximum absolute atomic E-state index is 13.3. The summed E-state index contributed by atoms with van der Waals surface area (Å²) < 4.78 is 13.3. The highest BCUT2D eigenvalue weighted by atomic mass is 35.5. The summed E-state index contributed by atoms with van der Waals surface area (Å²) in [7, 11) is 0. The summed E-state index contributed by atoms with van der Waals surface area (Å²) in [6.45, 7) is 3.78. The predicted molar refractivity (Wildman–Crippen MR) is 62.0 cm³/mol. The lowest BCUT2D eigenvalue weighted by Crippen LogP contribution is -2.49. The zero-order valence-corrected chi connectivity index (χ0v) is 9.94. The molecule has 0 unspecified atom stereocenters. The zero-order chi connectivity index (χ0) is 12.3. The second kappa shape index (κ2) is 4.80. The van der Waals surface area contributed by atoms with Gasteiger partial charge in [0.1, 0.15) is 5.82 Å². The fourth-order valence-electron chi connectivity index (χ4n) is 1.10. The number of carbonyl (C=O) groups is 1. The number of hydrogen-bond donors (Lipinski definition) is 2. The van der Waals surface area contributed by atoms with Crippen LogP contribution in [-0.2, 0) is 0 Å². The normalized spacial score (nSPS) is 11.3. The summed E-state index contributed by atoms with van der Waals surface area (Å²) in [5.74, 6) is -1.12. The third-order valence-corrected chi connectivity index (χ3v) is 2.37. The first-order chi connectivity index (χ1) is 7.35. The first-order valence-corrected chi connectivity index (χ1v) is 5.21. The van der Waals surface area contributed by atoms with Crippen molar-refractivity contribution in [2.75, 3.05) is 6.54 Å². The number of halogens is 2. The van der Waals surface area contributed by atoms with Crippen molar-refractivity contribution in [2.45, 2.75) is 19.4 Å². The minimum absolute atomic E-state index is 0.0750. The number of benzene rings is 1. The number of nitrogens with one attached hydrogen (secondary N) is 1. The third kappa shape index (κ3) is 3.18. The number of hydrogen-bond acceptors (Lipinski definition) is 2. The average molecular weight is 245 g/mol. The zero-order valence-electron chi connectivity index (χ0n) is 9.18. The van der Waals surface area contributed by atoms with Crippen LogP contribution in [-0.4, -0.2) is 18.0 Å². The molecule has 0 aliphatic carbocycles. The molecule has 0 radical (unpaired) electrons. The van der Waals surface area contributed by atoms with Crippen molar-refractivity contribution in [3.63, 3.8) is 0 Å². The van der Waals surface area contributed by atoms with Crippen molar-refractivity contribution in [1.29, 1.82) is 0 Å². The van der Waals surface area contributed by atoms with Gasteiger partial charge in [0.2, 0.25) is 0 Å². The molecule has 0 spiro atoms. The second-order valence-electron chi connectivity index (χ2n) is 4.17. The number of rotatable bonds is 3. The highest BCUT2D eigenvalue weighted by Crippen LogP contribution is 2.15. The molecular weight excluding hydrogens is 231 g/mol. The molecule has 0 atom stereocenters. The summed E-state index contributed by atoms with van der Waals surface area (Å²) in [6.07, 6.45) is 0. The van der Waals surface area contributed by atoms with Crippen molar-refractivity contribution in [3.8, 4) is 0 Å². The molecule has 1 amide bonds. The van der Waals surface area contributed by atoms with Gasteiger partial charge in [-0.1, -0.05) is 11.6 Å². The van der Waals surface area contributed by atoms with Crippen LogP contribution in [0.4, 0.5) is 4.39 Å². The molecule has 3 N–H and O–H groups in total. The molecule has 88 valence electrons. The van der Waals surface area contributed by atoms with Gasteiger partial charge >= 0.3 is 0 Å². The van der Waals surface area contributed by atoms with E-state index in [-0.39, 0.29) is 12.1 Å². The van der Waals surface area contributed by atoms with Crippen LogP contribution >= 0.6 is 11.6 Å². The Hall–Kier alpha value is -1.13. The van der Waals surface area contributed by atoms with E-state index in [4.69, 9.17) is 17.3 Å². The molecule has 0 fully saturated rings. The fraction of sp³-hybridized carbons (Fsp3) is 0.364. The van der Waals surface area contributed by atoms with E-state index in [2.05, 4.69) is 5.32 Å². The Balaban J connectivity index is 2.93. The SMILES string of the molecule is CC(C)(CN)NC(=O)c1cc(Cl)ccc1F. The topological polar surface area (TPSA) is 55.1 Å². The number of nitrogens with two attached hydrogens (primary N) is 1. The maximum atomic E-state index is 13.3. The molecule has 3 nitrogen and oxygen atoms in total. The molecule has 0 bridgehead atoms. The van der Waals surface area contributed by atoms with Gasteiger partial charge in [-0.25, -0.2) is 4.39 Å². The molecule has 0 aliphatic rings.